The highest BCUT2D eigenvalue weighted by molar-refractivity contribution is 7.80. The largest absolute Gasteiger partial charge is 0.481 e. The second-order valence-electron chi connectivity index (χ2n) is 4.89. The summed E-state index contributed by atoms with van der Waals surface area (Å²) < 4.78 is 0. The van der Waals surface area contributed by atoms with Gasteiger partial charge in [0.1, 0.15) is 0 Å². The van der Waals surface area contributed by atoms with Crippen molar-refractivity contribution in [2.24, 2.45) is 5.41 Å². The molecule has 16 heavy (non-hydrogen) atoms. The van der Waals surface area contributed by atoms with E-state index in [0.717, 1.165) is 38.1 Å². The molecule has 0 radical (unpaired) electrons. The Labute approximate surface area is 103 Å². The van der Waals surface area contributed by atoms with Crippen LogP contribution in [0.25, 0.3) is 0 Å². The van der Waals surface area contributed by atoms with Gasteiger partial charge < -0.3 is 10.4 Å². The van der Waals surface area contributed by atoms with Crippen LogP contribution in [0.5, 0.6) is 0 Å². The van der Waals surface area contributed by atoms with E-state index in [2.05, 4.69) is 17.9 Å². The van der Waals surface area contributed by atoms with Gasteiger partial charge in [-0.05, 0) is 37.0 Å². The number of carboxylic acid groups (broad SMARTS) is 1. The highest BCUT2D eigenvalue weighted by atomic mass is 32.1. The van der Waals surface area contributed by atoms with Crippen LogP contribution >= 0.6 is 12.6 Å². The lowest BCUT2D eigenvalue weighted by Gasteiger charge is -2.36. The molecule has 4 heteroatoms. The molecule has 0 heterocycles. The molecule has 1 rings (SSSR count). The quantitative estimate of drug-likeness (QED) is 0.476. The lowest BCUT2D eigenvalue weighted by atomic mass is 9.71. The summed E-state index contributed by atoms with van der Waals surface area (Å²) in [7, 11) is 0. The number of rotatable bonds is 7. The van der Waals surface area contributed by atoms with Crippen molar-refractivity contribution in [2.75, 3.05) is 18.8 Å². The van der Waals surface area contributed by atoms with Gasteiger partial charge in [0.05, 0.1) is 6.42 Å². The summed E-state index contributed by atoms with van der Waals surface area (Å²) >= 11 is 4.16. The van der Waals surface area contributed by atoms with Crippen molar-refractivity contribution in [3.63, 3.8) is 0 Å². The zero-order valence-corrected chi connectivity index (χ0v) is 10.8. The van der Waals surface area contributed by atoms with Crippen LogP contribution in [0.3, 0.4) is 0 Å². The Kier molecular flexibility index (Phi) is 6.21. The summed E-state index contributed by atoms with van der Waals surface area (Å²) in [6, 6.07) is 0. The number of thiol groups is 1. The fourth-order valence-corrected chi connectivity index (χ4v) is 2.75. The third-order valence-corrected chi connectivity index (χ3v) is 3.77. The fraction of sp³-hybridized carbons (Fsp3) is 0.917. The first-order valence-electron chi connectivity index (χ1n) is 6.22. The SMILES string of the molecule is O=C(O)CC1(CNCCCS)CCCCC1. The minimum absolute atomic E-state index is 0.0146. The number of carboxylic acids is 1. The van der Waals surface area contributed by atoms with Gasteiger partial charge >= 0.3 is 5.97 Å². The Morgan fingerprint density at radius 1 is 1.31 bits per heavy atom. The van der Waals surface area contributed by atoms with E-state index in [0.29, 0.717) is 6.42 Å². The molecule has 0 aromatic rings. The van der Waals surface area contributed by atoms with Gasteiger partial charge in [-0.3, -0.25) is 4.79 Å². The van der Waals surface area contributed by atoms with Crippen LogP contribution < -0.4 is 5.32 Å². The Morgan fingerprint density at radius 3 is 2.56 bits per heavy atom. The zero-order chi connectivity index (χ0) is 11.9. The Balaban J connectivity index is 2.39. The summed E-state index contributed by atoms with van der Waals surface area (Å²) in [6.45, 7) is 1.80. The van der Waals surface area contributed by atoms with Crippen LogP contribution in [0.4, 0.5) is 0 Å². The van der Waals surface area contributed by atoms with Crippen molar-refractivity contribution >= 4 is 18.6 Å². The van der Waals surface area contributed by atoms with Crippen molar-refractivity contribution in [3.8, 4) is 0 Å². The topological polar surface area (TPSA) is 49.3 Å². The standard InChI is InChI=1S/C12H23NO2S/c14-11(15)9-12(5-2-1-3-6-12)10-13-7-4-8-16/h13,16H,1-10H2,(H,14,15). The third-order valence-electron chi connectivity index (χ3n) is 3.45. The van der Waals surface area contributed by atoms with Crippen LogP contribution in [0.2, 0.25) is 0 Å². The van der Waals surface area contributed by atoms with E-state index in [4.69, 9.17) is 5.11 Å². The second-order valence-corrected chi connectivity index (χ2v) is 5.33. The molecule has 0 amide bonds. The van der Waals surface area contributed by atoms with Crippen molar-refractivity contribution < 1.29 is 9.90 Å². The molecule has 1 saturated carbocycles. The van der Waals surface area contributed by atoms with Crippen molar-refractivity contribution in [2.45, 2.75) is 44.9 Å². The lowest BCUT2D eigenvalue weighted by Crippen LogP contribution is -2.38. The summed E-state index contributed by atoms with van der Waals surface area (Å²) in [6.07, 6.45) is 7.12. The minimum atomic E-state index is -0.655. The Hall–Kier alpha value is -0.220. The molecule has 94 valence electrons. The van der Waals surface area contributed by atoms with Gasteiger partial charge in [-0.15, -0.1) is 0 Å². The van der Waals surface area contributed by atoms with Gasteiger partial charge in [0.15, 0.2) is 0 Å². The Bertz CT molecular complexity index is 215. The maximum atomic E-state index is 10.9. The predicted octanol–water partition coefficient (Wildman–Crippen LogP) is 2.32. The smallest absolute Gasteiger partial charge is 0.303 e. The van der Waals surface area contributed by atoms with E-state index >= 15 is 0 Å². The molecule has 0 aromatic heterocycles. The molecule has 0 spiro atoms. The van der Waals surface area contributed by atoms with Crippen LogP contribution in [0, 0.1) is 5.41 Å². The van der Waals surface area contributed by atoms with Crippen LogP contribution in [0.1, 0.15) is 44.9 Å². The number of nitrogens with one attached hydrogen (secondary N) is 1. The van der Waals surface area contributed by atoms with E-state index in [-0.39, 0.29) is 5.41 Å². The molecule has 0 aliphatic heterocycles. The van der Waals surface area contributed by atoms with Gasteiger partial charge in [0, 0.05) is 6.54 Å². The third kappa shape index (κ3) is 4.74. The summed E-state index contributed by atoms with van der Waals surface area (Å²) in [5.41, 5.74) is 0.0146. The van der Waals surface area contributed by atoms with Crippen molar-refractivity contribution in [1.29, 1.82) is 0 Å². The number of carbonyl (C=O) groups is 1. The van der Waals surface area contributed by atoms with Crippen LogP contribution in [-0.4, -0.2) is 29.9 Å². The number of hydrogen-bond donors (Lipinski definition) is 3. The van der Waals surface area contributed by atoms with E-state index in [1.807, 2.05) is 0 Å². The normalized spacial score (nSPS) is 19.6. The molecule has 1 fully saturated rings. The molecule has 0 bridgehead atoms. The average molecular weight is 245 g/mol. The first-order valence-corrected chi connectivity index (χ1v) is 6.85. The molecule has 3 nitrogen and oxygen atoms in total. The molecule has 0 saturated heterocycles. The monoisotopic (exact) mass is 245 g/mol. The first kappa shape index (κ1) is 13.8. The van der Waals surface area contributed by atoms with E-state index in [9.17, 15) is 4.79 Å². The molecular weight excluding hydrogens is 222 g/mol. The molecule has 0 aromatic carbocycles. The minimum Gasteiger partial charge on any atom is -0.481 e. The maximum Gasteiger partial charge on any atom is 0.303 e. The Morgan fingerprint density at radius 2 is 2.00 bits per heavy atom. The highest BCUT2D eigenvalue weighted by Crippen LogP contribution is 2.38. The highest BCUT2D eigenvalue weighted by Gasteiger charge is 2.33. The fourth-order valence-electron chi connectivity index (χ4n) is 2.60. The van der Waals surface area contributed by atoms with Gasteiger partial charge in [0.2, 0.25) is 0 Å². The van der Waals surface area contributed by atoms with E-state index < -0.39 is 5.97 Å². The van der Waals surface area contributed by atoms with Gasteiger partial charge in [-0.2, -0.15) is 12.6 Å². The summed E-state index contributed by atoms with van der Waals surface area (Å²) in [5, 5.41) is 12.4. The molecule has 1 aliphatic carbocycles. The van der Waals surface area contributed by atoms with Gasteiger partial charge in [0.25, 0.3) is 0 Å². The van der Waals surface area contributed by atoms with Crippen LogP contribution in [-0.2, 0) is 4.79 Å². The van der Waals surface area contributed by atoms with Crippen LogP contribution in [0.15, 0.2) is 0 Å². The van der Waals surface area contributed by atoms with E-state index in [1.165, 1.54) is 19.3 Å². The molecule has 2 N–H and O–H groups in total. The molecular formula is C12H23NO2S. The van der Waals surface area contributed by atoms with Crippen molar-refractivity contribution in [3.05, 3.63) is 0 Å². The molecule has 0 unspecified atom stereocenters. The summed E-state index contributed by atoms with van der Waals surface area (Å²) in [4.78, 5) is 10.9. The van der Waals surface area contributed by atoms with Gasteiger partial charge in [-0.1, -0.05) is 19.3 Å². The summed E-state index contributed by atoms with van der Waals surface area (Å²) in [5.74, 6) is 0.233. The van der Waals surface area contributed by atoms with Crippen molar-refractivity contribution in [1.82, 2.24) is 5.32 Å². The predicted molar refractivity (Wildman–Crippen MR) is 69.1 cm³/mol. The average Bonchev–Trinajstić information content (AvgIpc) is 2.25. The number of hydrogen-bond acceptors (Lipinski definition) is 3. The maximum absolute atomic E-state index is 10.9. The van der Waals surface area contributed by atoms with E-state index in [1.54, 1.807) is 0 Å². The molecule has 0 atom stereocenters. The zero-order valence-electron chi connectivity index (χ0n) is 9.87. The lowest BCUT2D eigenvalue weighted by molar-refractivity contribution is -0.140. The van der Waals surface area contributed by atoms with Gasteiger partial charge in [-0.25, -0.2) is 0 Å². The second kappa shape index (κ2) is 7.17. The number of aliphatic carboxylic acids is 1. The first-order chi connectivity index (χ1) is 7.68. The molecule has 1 aliphatic rings.